The summed E-state index contributed by atoms with van der Waals surface area (Å²) in [6.45, 7) is 2.14. The average Bonchev–Trinajstić information content (AvgIpc) is 3.17. The zero-order chi connectivity index (χ0) is 18.5. The van der Waals surface area contributed by atoms with Crippen molar-refractivity contribution in [1.29, 1.82) is 0 Å². The van der Waals surface area contributed by atoms with Crippen LogP contribution < -0.4 is 10.6 Å². The van der Waals surface area contributed by atoms with E-state index in [1.807, 2.05) is 48.0 Å². The van der Waals surface area contributed by atoms with Crippen LogP contribution in [0.15, 0.2) is 60.0 Å². The summed E-state index contributed by atoms with van der Waals surface area (Å²) in [5.41, 5.74) is 2.50. The quantitative estimate of drug-likeness (QED) is 0.615. The molecular formula is C20H19Cl2N2OS+. The lowest BCUT2D eigenvalue weighted by Gasteiger charge is -2.15. The van der Waals surface area contributed by atoms with Crippen LogP contribution in [0.2, 0.25) is 10.0 Å². The second-order valence-electron chi connectivity index (χ2n) is 5.95. The van der Waals surface area contributed by atoms with Gasteiger partial charge >= 0.3 is 0 Å². The number of quaternary nitrogens is 1. The van der Waals surface area contributed by atoms with Gasteiger partial charge in [0.05, 0.1) is 20.6 Å². The maximum absolute atomic E-state index is 12.5. The van der Waals surface area contributed by atoms with Crippen LogP contribution in [0.25, 0.3) is 0 Å². The Morgan fingerprint density at radius 1 is 1.12 bits per heavy atom. The Morgan fingerprint density at radius 3 is 2.58 bits per heavy atom. The number of aryl methyl sites for hydroxylation is 1. The van der Waals surface area contributed by atoms with Crippen LogP contribution >= 0.6 is 34.5 Å². The number of nitrogens with two attached hydrogens (primary N) is 1. The predicted molar refractivity (Wildman–Crippen MR) is 109 cm³/mol. The molecule has 0 radical (unpaired) electrons. The molecular weight excluding hydrogens is 387 g/mol. The number of carbonyl (C=O) groups is 1. The Hall–Kier alpha value is -1.85. The molecule has 1 atom stereocenters. The Bertz CT molecular complexity index is 882. The van der Waals surface area contributed by atoms with Crippen LogP contribution in [0.1, 0.15) is 22.0 Å². The Morgan fingerprint density at radius 2 is 1.88 bits per heavy atom. The van der Waals surface area contributed by atoms with Crippen molar-refractivity contribution in [2.24, 2.45) is 0 Å². The van der Waals surface area contributed by atoms with Crippen molar-refractivity contribution in [3.63, 3.8) is 0 Å². The summed E-state index contributed by atoms with van der Waals surface area (Å²) in [6, 6.07) is 17.9. The standard InChI is InChI=1S/C20H18Cl2N2OS/c1-13-9-10-15(21)20(18(13)22)24-17(25)12-23-19(16-8-5-11-26-16)14-6-3-2-4-7-14/h2-11,19,23H,12H2,1H3,(H,24,25)/p+1/t19-/m0/s1. The van der Waals surface area contributed by atoms with Gasteiger partial charge in [0, 0.05) is 5.56 Å². The Labute approximate surface area is 167 Å². The van der Waals surface area contributed by atoms with Crippen LogP contribution in [0.4, 0.5) is 5.69 Å². The SMILES string of the molecule is Cc1ccc(Cl)c(NC(=O)C[NH2+][C@@H](c2ccccc2)c2cccs2)c1Cl. The van der Waals surface area contributed by atoms with Gasteiger partial charge in [0.25, 0.3) is 5.91 Å². The molecule has 2 aromatic carbocycles. The fraction of sp³-hybridized carbons (Fsp3) is 0.150. The van der Waals surface area contributed by atoms with Crippen LogP contribution in [0, 0.1) is 6.92 Å². The highest BCUT2D eigenvalue weighted by Gasteiger charge is 2.20. The summed E-state index contributed by atoms with van der Waals surface area (Å²) >= 11 is 14.1. The normalized spacial score (nSPS) is 12.0. The number of thiophene rings is 1. The van der Waals surface area contributed by atoms with Gasteiger partial charge in [-0.15, -0.1) is 11.3 Å². The van der Waals surface area contributed by atoms with E-state index in [-0.39, 0.29) is 18.5 Å². The second-order valence-corrected chi connectivity index (χ2v) is 7.71. The van der Waals surface area contributed by atoms with Gasteiger partial charge in [-0.1, -0.05) is 65.7 Å². The number of halogens is 2. The highest BCUT2D eigenvalue weighted by atomic mass is 35.5. The summed E-state index contributed by atoms with van der Waals surface area (Å²) in [4.78, 5) is 13.7. The van der Waals surface area contributed by atoms with E-state index in [0.29, 0.717) is 15.7 Å². The first-order valence-corrected chi connectivity index (χ1v) is 9.86. The molecule has 0 fully saturated rings. The first kappa shape index (κ1) is 18.9. The van der Waals surface area contributed by atoms with Gasteiger partial charge in [0.15, 0.2) is 6.54 Å². The lowest BCUT2D eigenvalue weighted by Crippen LogP contribution is -2.87. The third-order valence-electron chi connectivity index (χ3n) is 4.10. The van der Waals surface area contributed by atoms with Crippen LogP contribution in [0.3, 0.4) is 0 Å². The molecule has 0 bridgehead atoms. The van der Waals surface area contributed by atoms with E-state index in [0.717, 1.165) is 11.1 Å². The molecule has 3 N–H and O–H groups in total. The molecule has 1 aromatic heterocycles. The number of amides is 1. The van der Waals surface area contributed by atoms with Crippen LogP contribution in [-0.4, -0.2) is 12.5 Å². The molecule has 1 heterocycles. The van der Waals surface area contributed by atoms with Crippen molar-refractivity contribution in [3.05, 3.63) is 86.0 Å². The molecule has 0 aliphatic rings. The highest BCUT2D eigenvalue weighted by molar-refractivity contribution is 7.10. The van der Waals surface area contributed by atoms with Gasteiger partial charge in [0.1, 0.15) is 6.04 Å². The van der Waals surface area contributed by atoms with E-state index in [4.69, 9.17) is 23.2 Å². The predicted octanol–water partition coefficient (Wildman–Crippen LogP) is 4.65. The van der Waals surface area contributed by atoms with Crippen LogP contribution in [-0.2, 0) is 4.79 Å². The summed E-state index contributed by atoms with van der Waals surface area (Å²) in [5, 5.41) is 7.82. The van der Waals surface area contributed by atoms with E-state index in [9.17, 15) is 4.79 Å². The van der Waals surface area contributed by atoms with E-state index in [1.165, 1.54) is 4.88 Å². The molecule has 3 aromatic rings. The molecule has 0 spiro atoms. The van der Waals surface area contributed by atoms with Crippen molar-refractivity contribution in [1.82, 2.24) is 0 Å². The Kier molecular flexibility index (Phi) is 6.33. The molecule has 1 amide bonds. The van der Waals surface area contributed by atoms with E-state index in [2.05, 4.69) is 23.5 Å². The number of hydrogen-bond acceptors (Lipinski definition) is 2. The van der Waals surface area contributed by atoms with Crippen molar-refractivity contribution in [2.45, 2.75) is 13.0 Å². The maximum atomic E-state index is 12.5. The average molecular weight is 406 g/mol. The number of benzene rings is 2. The fourth-order valence-corrected chi connectivity index (χ4v) is 4.05. The topological polar surface area (TPSA) is 45.7 Å². The molecule has 0 aliphatic heterocycles. The van der Waals surface area contributed by atoms with E-state index < -0.39 is 0 Å². The van der Waals surface area contributed by atoms with Gasteiger partial charge < -0.3 is 10.6 Å². The molecule has 0 saturated heterocycles. The second kappa shape index (κ2) is 8.69. The minimum atomic E-state index is -0.142. The first-order valence-electron chi connectivity index (χ1n) is 8.22. The lowest BCUT2D eigenvalue weighted by molar-refractivity contribution is -0.675. The molecule has 0 unspecified atom stereocenters. The molecule has 3 nitrogen and oxygen atoms in total. The van der Waals surface area contributed by atoms with Crippen molar-refractivity contribution in [3.8, 4) is 0 Å². The van der Waals surface area contributed by atoms with Gasteiger partial charge in [-0.25, -0.2) is 0 Å². The zero-order valence-corrected chi connectivity index (χ0v) is 16.5. The molecule has 0 aliphatic carbocycles. The number of nitrogens with one attached hydrogen (secondary N) is 1. The third-order valence-corrected chi connectivity index (χ3v) is 5.85. The third kappa shape index (κ3) is 4.46. The number of carbonyl (C=O) groups excluding carboxylic acids is 1. The largest absolute Gasteiger partial charge is 0.328 e. The van der Waals surface area contributed by atoms with Crippen molar-refractivity contribution < 1.29 is 10.1 Å². The molecule has 0 saturated carbocycles. The smallest absolute Gasteiger partial charge is 0.279 e. The summed E-state index contributed by atoms with van der Waals surface area (Å²) in [6.07, 6.45) is 0. The van der Waals surface area contributed by atoms with Gasteiger partial charge in [-0.3, -0.25) is 4.79 Å². The monoisotopic (exact) mass is 405 g/mol. The summed E-state index contributed by atoms with van der Waals surface area (Å²) < 4.78 is 0. The summed E-state index contributed by atoms with van der Waals surface area (Å²) in [7, 11) is 0. The fourth-order valence-electron chi connectivity index (χ4n) is 2.73. The van der Waals surface area contributed by atoms with Gasteiger partial charge in [0.2, 0.25) is 0 Å². The highest BCUT2D eigenvalue weighted by Crippen LogP contribution is 2.32. The first-order chi connectivity index (χ1) is 12.6. The number of hydrogen-bond donors (Lipinski definition) is 2. The number of rotatable bonds is 6. The molecule has 6 heteroatoms. The molecule has 26 heavy (non-hydrogen) atoms. The van der Waals surface area contributed by atoms with Gasteiger partial charge in [-0.2, -0.15) is 0 Å². The van der Waals surface area contributed by atoms with E-state index in [1.54, 1.807) is 17.4 Å². The molecule has 134 valence electrons. The summed E-state index contributed by atoms with van der Waals surface area (Å²) in [5.74, 6) is -0.142. The number of anilines is 1. The maximum Gasteiger partial charge on any atom is 0.279 e. The van der Waals surface area contributed by atoms with Crippen molar-refractivity contribution >= 4 is 46.1 Å². The minimum Gasteiger partial charge on any atom is -0.328 e. The minimum absolute atomic E-state index is 0.0744. The van der Waals surface area contributed by atoms with Crippen molar-refractivity contribution in [2.75, 3.05) is 11.9 Å². The van der Waals surface area contributed by atoms with E-state index >= 15 is 0 Å². The Balaban J connectivity index is 1.72. The van der Waals surface area contributed by atoms with Crippen LogP contribution in [0.5, 0.6) is 0 Å². The lowest BCUT2D eigenvalue weighted by atomic mass is 10.1. The van der Waals surface area contributed by atoms with Gasteiger partial charge in [-0.05, 0) is 30.0 Å². The zero-order valence-electron chi connectivity index (χ0n) is 14.2. The molecule has 3 rings (SSSR count).